The van der Waals surface area contributed by atoms with E-state index in [1.54, 1.807) is 0 Å². The maximum atomic E-state index is 12.4. The van der Waals surface area contributed by atoms with Gasteiger partial charge in [-0.3, -0.25) is 4.79 Å². The summed E-state index contributed by atoms with van der Waals surface area (Å²) in [6.45, 7) is 2.74. The Bertz CT molecular complexity index is 515. The highest BCUT2D eigenvalue weighted by Crippen LogP contribution is 2.47. The SMILES string of the molecule is CCCC(=O)N1CCC(O)(c2ccccc2)[C@@H]2CCCC[C@@H]21. The smallest absolute Gasteiger partial charge is 0.222 e. The monoisotopic (exact) mass is 301 g/mol. The second kappa shape index (κ2) is 6.41. The first kappa shape index (κ1) is 15.5. The summed E-state index contributed by atoms with van der Waals surface area (Å²) >= 11 is 0. The molecule has 0 bridgehead atoms. The zero-order valence-corrected chi connectivity index (χ0v) is 13.5. The molecule has 2 fully saturated rings. The molecule has 3 heteroatoms. The largest absolute Gasteiger partial charge is 0.385 e. The number of carbonyl (C=O) groups is 1. The van der Waals surface area contributed by atoms with E-state index >= 15 is 0 Å². The molecule has 1 amide bonds. The lowest BCUT2D eigenvalue weighted by atomic mass is 9.66. The minimum Gasteiger partial charge on any atom is -0.385 e. The van der Waals surface area contributed by atoms with E-state index in [1.165, 1.54) is 6.42 Å². The quantitative estimate of drug-likeness (QED) is 0.928. The summed E-state index contributed by atoms with van der Waals surface area (Å²) in [6, 6.07) is 10.3. The molecule has 1 aromatic carbocycles. The van der Waals surface area contributed by atoms with E-state index in [0.717, 1.165) is 31.2 Å². The summed E-state index contributed by atoms with van der Waals surface area (Å²) in [7, 11) is 0. The van der Waals surface area contributed by atoms with Crippen LogP contribution in [0.5, 0.6) is 0 Å². The van der Waals surface area contributed by atoms with E-state index in [0.29, 0.717) is 19.4 Å². The molecule has 0 aromatic heterocycles. The highest BCUT2D eigenvalue weighted by Gasteiger charge is 2.49. The van der Waals surface area contributed by atoms with Crippen LogP contribution in [0.15, 0.2) is 30.3 Å². The van der Waals surface area contributed by atoms with Gasteiger partial charge in [0.25, 0.3) is 0 Å². The molecule has 1 saturated heterocycles. The Hall–Kier alpha value is -1.35. The maximum absolute atomic E-state index is 12.4. The first-order valence-electron chi connectivity index (χ1n) is 8.74. The van der Waals surface area contributed by atoms with Crippen molar-refractivity contribution in [2.24, 2.45) is 5.92 Å². The number of amides is 1. The lowest BCUT2D eigenvalue weighted by Gasteiger charge is -2.52. The summed E-state index contributed by atoms with van der Waals surface area (Å²) < 4.78 is 0. The van der Waals surface area contributed by atoms with Crippen LogP contribution in [-0.4, -0.2) is 28.5 Å². The molecule has 22 heavy (non-hydrogen) atoms. The van der Waals surface area contributed by atoms with Crippen molar-refractivity contribution in [3.8, 4) is 0 Å². The average Bonchev–Trinajstić information content (AvgIpc) is 2.56. The van der Waals surface area contributed by atoms with Crippen LogP contribution < -0.4 is 0 Å². The molecule has 1 unspecified atom stereocenters. The molecule has 3 atom stereocenters. The summed E-state index contributed by atoms with van der Waals surface area (Å²) in [5, 5.41) is 11.4. The third-order valence-corrected chi connectivity index (χ3v) is 5.53. The van der Waals surface area contributed by atoms with E-state index in [1.807, 2.05) is 30.3 Å². The van der Waals surface area contributed by atoms with Crippen LogP contribution in [0.25, 0.3) is 0 Å². The van der Waals surface area contributed by atoms with Gasteiger partial charge >= 0.3 is 0 Å². The number of carbonyl (C=O) groups excluding carboxylic acids is 1. The van der Waals surface area contributed by atoms with Gasteiger partial charge in [-0.05, 0) is 31.2 Å². The Balaban J connectivity index is 1.89. The van der Waals surface area contributed by atoms with Crippen LogP contribution in [0.1, 0.15) is 57.4 Å². The fraction of sp³-hybridized carbons (Fsp3) is 0.632. The number of piperidine rings is 1. The van der Waals surface area contributed by atoms with Crippen LogP contribution in [0, 0.1) is 5.92 Å². The molecule has 0 radical (unpaired) electrons. The van der Waals surface area contributed by atoms with Crippen LogP contribution in [0.2, 0.25) is 0 Å². The van der Waals surface area contributed by atoms with Crippen molar-refractivity contribution in [3.05, 3.63) is 35.9 Å². The summed E-state index contributed by atoms with van der Waals surface area (Å²) in [5.74, 6) is 0.452. The molecule has 1 aromatic rings. The lowest BCUT2D eigenvalue weighted by Crippen LogP contribution is -2.58. The fourth-order valence-corrected chi connectivity index (χ4v) is 4.44. The Morgan fingerprint density at radius 3 is 2.73 bits per heavy atom. The molecule has 120 valence electrons. The van der Waals surface area contributed by atoms with Gasteiger partial charge in [0.1, 0.15) is 0 Å². The average molecular weight is 301 g/mol. The second-order valence-corrected chi connectivity index (χ2v) is 6.84. The molecule has 1 aliphatic heterocycles. The van der Waals surface area contributed by atoms with Gasteiger partial charge in [0.05, 0.1) is 5.60 Å². The van der Waals surface area contributed by atoms with E-state index in [4.69, 9.17) is 0 Å². The number of nitrogens with zero attached hydrogens (tertiary/aromatic N) is 1. The van der Waals surface area contributed by atoms with Gasteiger partial charge in [0, 0.05) is 24.9 Å². The number of hydrogen-bond acceptors (Lipinski definition) is 2. The van der Waals surface area contributed by atoms with Gasteiger partial charge in [-0.15, -0.1) is 0 Å². The van der Waals surface area contributed by atoms with E-state index in [-0.39, 0.29) is 17.9 Å². The highest BCUT2D eigenvalue weighted by molar-refractivity contribution is 5.76. The molecule has 2 aliphatic rings. The molecule has 1 heterocycles. The van der Waals surface area contributed by atoms with Crippen LogP contribution in [-0.2, 0) is 10.4 Å². The molecule has 1 saturated carbocycles. The summed E-state index contributed by atoms with van der Waals surface area (Å²) in [6.07, 6.45) is 6.57. The third-order valence-electron chi connectivity index (χ3n) is 5.53. The number of likely N-dealkylation sites (tertiary alicyclic amines) is 1. The van der Waals surface area contributed by atoms with Gasteiger partial charge in [0.15, 0.2) is 0 Å². The molecular formula is C19H27NO2. The third kappa shape index (κ3) is 2.67. The van der Waals surface area contributed by atoms with Gasteiger partial charge in [-0.1, -0.05) is 50.1 Å². The maximum Gasteiger partial charge on any atom is 0.222 e. The number of aliphatic hydroxyl groups is 1. The number of rotatable bonds is 3. The van der Waals surface area contributed by atoms with Crippen LogP contribution in [0.3, 0.4) is 0 Å². The van der Waals surface area contributed by atoms with Crippen LogP contribution >= 0.6 is 0 Å². The molecule has 1 N–H and O–H groups in total. The van der Waals surface area contributed by atoms with E-state index < -0.39 is 5.60 Å². The van der Waals surface area contributed by atoms with Gasteiger partial charge in [0.2, 0.25) is 5.91 Å². The van der Waals surface area contributed by atoms with Gasteiger partial charge in [-0.2, -0.15) is 0 Å². The molecule has 0 spiro atoms. The highest BCUT2D eigenvalue weighted by atomic mass is 16.3. The molecular weight excluding hydrogens is 274 g/mol. The van der Waals surface area contributed by atoms with Gasteiger partial charge < -0.3 is 10.0 Å². The van der Waals surface area contributed by atoms with Crippen molar-refractivity contribution in [2.45, 2.75) is 63.5 Å². The standard InChI is InChI=1S/C19H27NO2/c1-2-8-18(21)20-14-13-19(22,15-9-4-3-5-10-15)16-11-6-7-12-17(16)20/h3-5,9-10,16-17,22H,2,6-8,11-14H2,1H3/t16-,17+,19?/m1/s1. The minimum absolute atomic E-state index is 0.179. The first-order chi connectivity index (χ1) is 10.7. The number of fused-ring (bicyclic) bond motifs is 1. The normalized spacial score (nSPS) is 31.6. The van der Waals surface area contributed by atoms with Gasteiger partial charge in [-0.25, -0.2) is 0 Å². The number of hydrogen-bond donors (Lipinski definition) is 1. The van der Waals surface area contributed by atoms with Crippen molar-refractivity contribution >= 4 is 5.91 Å². The topological polar surface area (TPSA) is 40.5 Å². The van der Waals surface area contributed by atoms with Crippen molar-refractivity contribution in [2.75, 3.05) is 6.54 Å². The second-order valence-electron chi connectivity index (χ2n) is 6.84. The molecule has 3 nitrogen and oxygen atoms in total. The summed E-state index contributed by atoms with van der Waals surface area (Å²) in [5.41, 5.74) is 0.254. The van der Waals surface area contributed by atoms with Crippen molar-refractivity contribution in [1.29, 1.82) is 0 Å². The predicted molar refractivity (Wildman–Crippen MR) is 87.3 cm³/mol. The zero-order chi connectivity index (χ0) is 15.6. The molecule has 3 rings (SSSR count). The Kier molecular flexibility index (Phi) is 4.53. The Labute approximate surface area is 133 Å². The summed E-state index contributed by atoms with van der Waals surface area (Å²) in [4.78, 5) is 14.5. The van der Waals surface area contributed by atoms with Crippen LogP contribution in [0.4, 0.5) is 0 Å². The van der Waals surface area contributed by atoms with Crippen molar-refractivity contribution in [3.63, 3.8) is 0 Å². The minimum atomic E-state index is -0.769. The Morgan fingerprint density at radius 1 is 1.27 bits per heavy atom. The molecule has 1 aliphatic carbocycles. The van der Waals surface area contributed by atoms with E-state index in [9.17, 15) is 9.90 Å². The Morgan fingerprint density at radius 2 is 2.00 bits per heavy atom. The number of benzene rings is 1. The first-order valence-corrected chi connectivity index (χ1v) is 8.74. The fourth-order valence-electron chi connectivity index (χ4n) is 4.44. The predicted octanol–water partition coefficient (Wildman–Crippen LogP) is 3.47. The van der Waals surface area contributed by atoms with Crippen molar-refractivity contribution in [1.82, 2.24) is 4.90 Å². The lowest BCUT2D eigenvalue weighted by molar-refractivity contribution is -0.154. The zero-order valence-electron chi connectivity index (χ0n) is 13.5. The van der Waals surface area contributed by atoms with E-state index in [2.05, 4.69) is 11.8 Å². The van der Waals surface area contributed by atoms with Crippen molar-refractivity contribution < 1.29 is 9.90 Å².